The number of aryl methyl sites for hydroxylation is 2. The molecule has 8 heteroatoms. The zero-order valence-corrected chi connectivity index (χ0v) is 12.9. The van der Waals surface area contributed by atoms with Crippen LogP contribution in [-0.4, -0.2) is 21.1 Å². The Balaban J connectivity index is 2.46. The minimum atomic E-state index is -4.37. The maximum Gasteiger partial charge on any atom is 0.389 e. The van der Waals surface area contributed by atoms with Crippen LogP contribution in [0.15, 0.2) is 21.4 Å². The molecule has 0 saturated heterocycles. The van der Waals surface area contributed by atoms with Crippen LogP contribution in [0.25, 0.3) is 11.0 Å². The third-order valence-corrected chi connectivity index (χ3v) is 3.95. The van der Waals surface area contributed by atoms with Crippen molar-refractivity contribution in [1.82, 2.24) is 9.13 Å². The van der Waals surface area contributed by atoms with Crippen molar-refractivity contribution in [2.75, 3.05) is 0 Å². The lowest BCUT2D eigenvalue weighted by Crippen LogP contribution is -2.19. The molecular formula is C13H12BrF3N2O2. The SMILES string of the molecule is Cn1c(=O)n(C)c2cc(C(=O)CCC(F)(F)F)c(Br)cc21. The van der Waals surface area contributed by atoms with Crippen molar-refractivity contribution in [1.29, 1.82) is 0 Å². The number of aromatic nitrogens is 2. The Morgan fingerprint density at radius 1 is 1.19 bits per heavy atom. The average molecular weight is 365 g/mol. The van der Waals surface area contributed by atoms with Gasteiger partial charge in [-0.15, -0.1) is 0 Å². The highest BCUT2D eigenvalue weighted by atomic mass is 79.9. The van der Waals surface area contributed by atoms with Crippen LogP contribution < -0.4 is 5.69 Å². The minimum absolute atomic E-state index is 0.146. The fourth-order valence-electron chi connectivity index (χ4n) is 2.12. The van der Waals surface area contributed by atoms with Gasteiger partial charge >= 0.3 is 11.9 Å². The van der Waals surface area contributed by atoms with Gasteiger partial charge in [0, 0.05) is 30.6 Å². The smallest absolute Gasteiger partial charge is 0.295 e. The van der Waals surface area contributed by atoms with Crippen LogP contribution in [-0.2, 0) is 14.1 Å². The fraction of sp³-hybridized carbons (Fsp3) is 0.385. The monoisotopic (exact) mass is 364 g/mol. The number of imidazole rings is 1. The third kappa shape index (κ3) is 3.04. The van der Waals surface area contributed by atoms with Crippen LogP contribution in [0.3, 0.4) is 0 Å². The number of Topliss-reactive ketones (excluding diaryl/α,β-unsaturated/α-hetero) is 1. The summed E-state index contributed by atoms with van der Waals surface area (Å²) in [4.78, 5) is 23.7. The molecule has 4 nitrogen and oxygen atoms in total. The largest absolute Gasteiger partial charge is 0.389 e. The predicted octanol–water partition coefficient (Wildman–Crippen LogP) is 3.16. The van der Waals surface area contributed by atoms with Crippen LogP contribution in [0.2, 0.25) is 0 Å². The van der Waals surface area contributed by atoms with Gasteiger partial charge in [0.25, 0.3) is 0 Å². The van der Waals surface area contributed by atoms with Crippen molar-refractivity contribution in [2.24, 2.45) is 14.1 Å². The van der Waals surface area contributed by atoms with E-state index in [9.17, 15) is 22.8 Å². The van der Waals surface area contributed by atoms with E-state index in [1.165, 1.54) is 15.2 Å². The maximum absolute atomic E-state index is 12.2. The average Bonchev–Trinajstić information content (AvgIpc) is 2.59. The lowest BCUT2D eigenvalue weighted by Gasteiger charge is -2.07. The molecule has 0 unspecified atom stereocenters. The van der Waals surface area contributed by atoms with E-state index < -0.39 is 24.8 Å². The van der Waals surface area contributed by atoms with Crippen LogP contribution in [0, 0.1) is 0 Å². The molecule has 0 spiro atoms. The van der Waals surface area contributed by atoms with Crippen LogP contribution >= 0.6 is 15.9 Å². The second-order valence-electron chi connectivity index (χ2n) is 4.76. The molecule has 0 atom stereocenters. The molecular weight excluding hydrogens is 353 g/mol. The summed E-state index contributed by atoms with van der Waals surface area (Å²) in [6.07, 6.45) is -6.15. The first-order valence-corrected chi connectivity index (χ1v) is 6.86. The summed E-state index contributed by atoms with van der Waals surface area (Å²) in [5.41, 5.74) is 0.979. The number of hydrogen-bond acceptors (Lipinski definition) is 2. The van der Waals surface area contributed by atoms with Gasteiger partial charge in [0.2, 0.25) is 0 Å². The number of carbonyl (C=O) groups is 1. The molecule has 1 heterocycles. The second kappa shape index (κ2) is 5.32. The van der Waals surface area contributed by atoms with Crippen LogP contribution in [0.5, 0.6) is 0 Å². The van der Waals surface area contributed by atoms with Crippen molar-refractivity contribution in [3.05, 3.63) is 32.7 Å². The van der Waals surface area contributed by atoms with Gasteiger partial charge in [-0.1, -0.05) is 0 Å². The summed E-state index contributed by atoms with van der Waals surface area (Å²) in [5, 5.41) is 0. The Labute approximate surface area is 126 Å². The van der Waals surface area contributed by atoms with E-state index in [4.69, 9.17) is 0 Å². The molecule has 21 heavy (non-hydrogen) atoms. The molecule has 114 valence electrons. The molecule has 2 aromatic rings. The molecule has 2 rings (SSSR count). The predicted molar refractivity (Wildman–Crippen MR) is 75.5 cm³/mol. The topological polar surface area (TPSA) is 44.0 Å². The normalized spacial score (nSPS) is 12.1. The molecule has 0 saturated carbocycles. The van der Waals surface area contributed by atoms with E-state index in [0.29, 0.717) is 15.5 Å². The number of ketones is 1. The first kappa shape index (κ1) is 15.8. The molecule has 1 aromatic carbocycles. The van der Waals surface area contributed by atoms with Gasteiger partial charge < -0.3 is 0 Å². The van der Waals surface area contributed by atoms with E-state index in [2.05, 4.69) is 15.9 Å². The van der Waals surface area contributed by atoms with Gasteiger partial charge in [-0.25, -0.2) is 4.79 Å². The van der Waals surface area contributed by atoms with E-state index in [-0.39, 0.29) is 11.3 Å². The number of hydrogen-bond donors (Lipinski definition) is 0. The third-order valence-electron chi connectivity index (χ3n) is 3.30. The van der Waals surface area contributed by atoms with Gasteiger partial charge in [0.1, 0.15) is 0 Å². The minimum Gasteiger partial charge on any atom is -0.295 e. The van der Waals surface area contributed by atoms with Gasteiger partial charge in [-0.2, -0.15) is 13.2 Å². The number of fused-ring (bicyclic) bond motifs is 1. The number of rotatable bonds is 3. The molecule has 0 N–H and O–H groups in total. The highest BCUT2D eigenvalue weighted by Crippen LogP contribution is 2.27. The molecule has 0 bridgehead atoms. The van der Waals surface area contributed by atoms with Gasteiger partial charge in [-0.3, -0.25) is 13.9 Å². The Morgan fingerprint density at radius 2 is 1.71 bits per heavy atom. The van der Waals surface area contributed by atoms with Crippen molar-refractivity contribution in [3.63, 3.8) is 0 Å². The number of carbonyl (C=O) groups excluding carboxylic acids is 1. The molecule has 0 fully saturated rings. The zero-order valence-electron chi connectivity index (χ0n) is 11.3. The summed E-state index contributed by atoms with van der Waals surface area (Å²) in [6.45, 7) is 0. The lowest BCUT2D eigenvalue weighted by molar-refractivity contribution is -0.133. The van der Waals surface area contributed by atoms with E-state index >= 15 is 0 Å². The lowest BCUT2D eigenvalue weighted by atomic mass is 10.1. The maximum atomic E-state index is 12.2. The Bertz CT molecular complexity index is 774. The fourth-order valence-corrected chi connectivity index (χ4v) is 2.68. The van der Waals surface area contributed by atoms with E-state index in [0.717, 1.165) is 0 Å². The summed E-state index contributed by atoms with van der Waals surface area (Å²) >= 11 is 3.18. The molecule has 0 amide bonds. The number of alkyl halides is 3. The van der Waals surface area contributed by atoms with Crippen molar-refractivity contribution >= 4 is 32.7 Å². The van der Waals surface area contributed by atoms with Gasteiger partial charge in [0.05, 0.1) is 17.5 Å². The first-order valence-electron chi connectivity index (χ1n) is 6.06. The second-order valence-corrected chi connectivity index (χ2v) is 5.61. The summed E-state index contributed by atoms with van der Waals surface area (Å²) in [7, 11) is 3.13. The first-order chi connectivity index (χ1) is 9.61. The Hall–Kier alpha value is -1.57. The molecule has 0 aliphatic rings. The standard InChI is InChI=1S/C13H12BrF3N2O2/c1-18-9-5-7(11(20)3-4-13(15,16)17)8(14)6-10(9)19(2)12(18)21/h5-6H,3-4H2,1-2H3. The highest BCUT2D eigenvalue weighted by molar-refractivity contribution is 9.10. The molecule has 0 aliphatic carbocycles. The number of nitrogens with zero attached hydrogens (tertiary/aromatic N) is 2. The van der Waals surface area contributed by atoms with Crippen LogP contribution in [0.4, 0.5) is 13.2 Å². The van der Waals surface area contributed by atoms with E-state index in [1.807, 2.05) is 0 Å². The summed E-state index contributed by atoms with van der Waals surface area (Å²) in [5.74, 6) is -0.614. The Kier molecular flexibility index (Phi) is 4.01. The highest BCUT2D eigenvalue weighted by Gasteiger charge is 2.28. The number of halogens is 4. The van der Waals surface area contributed by atoms with Crippen LogP contribution in [0.1, 0.15) is 23.2 Å². The zero-order chi connectivity index (χ0) is 15.9. The van der Waals surface area contributed by atoms with Crippen molar-refractivity contribution in [3.8, 4) is 0 Å². The quantitative estimate of drug-likeness (QED) is 0.785. The van der Waals surface area contributed by atoms with Gasteiger partial charge in [-0.05, 0) is 28.1 Å². The Morgan fingerprint density at radius 3 is 2.24 bits per heavy atom. The number of benzene rings is 1. The van der Waals surface area contributed by atoms with Crippen molar-refractivity contribution in [2.45, 2.75) is 19.0 Å². The van der Waals surface area contributed by atoms with Gasteiger partial charge in [0.15, 0.2) is 5.78 Å². The molecule has 0 aliphatic heterocycles. The summed E-state index contributed by atoms with van der Waals surface area (Å²) in [6, 6.07) is 3.01. The summed E-state index contributed by atoms with van der Waals surface area (Å²) < 4.78 is 39.7. The molecule has 0 radical (unpaired) electrons. The van der Waals surface area contributed by atoms with Crippen molar-refractivity contribution < 1.29 is 18.0 Å². The van der Waals surface area contributed by atoms with E-state index in [1.54, 1.807) is 20.2 Å². The molecule has 1 aromatic heterocycles.